The molecule has 1 atom stereocenters. The first-order valence-electron chi connectivity index (χ1n) is 8.25. The Morgan fingerprint density at radius 1 is 1.33 bits per heavy atom. The zero-order valence-corrected chi connectivity index (χ0v) is 17.0. The second-order valence-corrected chi connectivity index (χ2v) is 8.38. The molecule has 0 aliphatic heterocycles. The molecule has 30 heavy (non-hydrogen) atoms. The Morgan fingerprint density at radius 3 is 2.67 bits per heavy atom. The molecule has 0 fully saturated rings. The third-order valence-corrected chi connectivity index (χ3v) is 5.51. The Bertz CT molecular complexity index is 1240. The number of fused-ring (bicyclic) bond motifs is 1. The van der Waals surface area contributed by atoms with Gasteiger partial charge < -0.3 is 18.8 Å². The van der Waals surface area contributed by atoms with Gasteiger partial charge in [-0.25, -0.2) is 9.78 Å². The van der Waals surface area contributed by atoms with E-state index in [0.717, 1.165) is 4.90 Å². The number of carbonyl (C=O) groups is 1. The summed E-state index contributed by atoms with van der Waals surface area (Å²) >= 11 is -2.25. The molecule has 0 aliphatic rings. The standard InChI is InChI=1S/C17H16N4O7S2/c1-21(17(22)23)16-19-14-7-4-12(10-15(14)20-16)28-30(26,27)13-5-2-11(3-6-13)18-8-9-29(24)25/h2-8,10H,9H2,1H3,(H,19,20)(H,22,23)(H,24,25)/p-1. The molecule has 0 aliphatic carbocycles. The second kappa shape index (κ2) is 8.61. The Morgan fingerprint density at radius 2 is 2.03 bits per heavy atom. The lowest BCUT2D eigenvalue weighted by Crippen LogP contribution is -2.24. The molecule has 0 bridgehead atoms. The molecule has 0 saturated carbocycles. The van der Waals surface area contributed by atoms with Crippen LogP contribution in [-0.4, -0.2) is 57.4 Å². The average Bonchev–Trinajstić information content (AvgIpc) is 3.10. The summed E-state index contributed by atoms with van der Waals surface area (Å²) in [7, 11) is -2.83. The minimum atomic E-state index is -4.14. The molecule has 1 unspecified atom stereocenters. The number of aromatic amines is 1. The van der Waals surface area contributed by atoms with E-state index in [-0.39, 0.29) is 22.3 Å². The predicted molar refractivity (Wildman–Crippen MR) is 109 cm³/mol. The third-order valence-electron chi connectivity index (χ3n) is 3.83. The second-order valence-electron chi connectivity index (χ2n) is 5.89. The summed E-state index contributed by atoms with van der Waals surface area (Å²) < 4.78 is 51.1. The molecular formula is C17H15N4O7S2-. The number of carboxylic acid groups (broad SMARTS) is 1. The lowest BCUT2D eigenvalue weighted by atomic mass is 10.3. The van der Waals surface area contributed by atoms with Crippen LogP contribution in [0, 0.1) is 0 Å². The predicted octanol–water partition coefficient (Wildman–Crippen LogP) is 2.03. The van der Waals surface area contributed by atoms with Gasteiger partial charge >= 0.3 is 16.2 Å². The number of nitrogens with one attached hydrogen (secondary N) is 1. The van der Waals surface area contributed by atoms with Crippen molar-refractivity contribution in [3.63, 3.8) is 0 Å². The summed E-state index contributed by atoms with van der Waals surface area (Å²) in [5.74, 6) is -0.159. The van der Waals surface area contributed by atoms with Gasteiger partial charge in [0.2, 0.25) is 5.95 Å². The SMILES string of the molecule is CN(C(=O)O)c1nc2ccc(OS(=O)(=O)c3ccc(N=CCS(=O)[O-])cc3)cc2[nH]1. The van der Waals surface area contributed by atoms with Crippen LogP contribution in [-0.2, 0) is 21.2 Å². The van der Waals surface area contributed by atoms with E-state index < -0.39 is 27.3 Å². The van der Waals surface area contributed by atoms with Crippen molar-refractivity contribution in [3.05, 3.63) is 42.5 Å². The number of rotatable bonds is 7. The summed E-state index contributed by atoms with van der Waals surface area (Å²) in [5.41, 5.74) is 1.21. The maximum Gasteiger partial charge on any atom is 0.413 e. The molecular weight excluding hydrogens is 436 g/mol. The maximum atomic E-state index is 12.5. The van der Waals surface area contributed by atoms with Crippen LogP contribution in [0.2, 0.25) is 0 Å². The lowest BCUT2D eigenvalue weighted by Gasteiger charge is -2.07. The van der Waals surface area contributed by atoms with Crippen molar-refractivity contribution in [3.8, 4) is 5.75 Å². The van der Waals surface area contributed by atoms with Crippen LogP contribution in [0.3, 0.4) is 0 Å². The van der Waals surface area contributed by atoms with Crippen molar-refractivity contribution in [2.75, 3.05) is 17.7 Å². The van der Waals surface area contributed by atoms with Crippen molar-refractivity contribution < 1.29 is 31.3 Å². The first kappa shape index (κ1) is 21.4. The van der Waals surface area contributed by atoms with Crippen LogP contribution in [0.1, 0.15) is 0 Å². The minimum Gasteiger partial charge on any atom is -0.772 e. The molecule has 1 amide bonds. The summed E-state index contributed by atoms with van der Waals surface area (Å²) in [5, 5.41) is 9.01. The molecule has 2 N–H and O–H groups in total. The highest BCUT2D eigenvalue weighted by molar-refractivity contribution is 7.87. The molecule has 3 aromatic rings. The van der Waals surface area contributed by atoms with Gasteiger partial charge in [-0.15, -0.1) is 0 Å². The van der Waals surface area contributed by atoms with Crippen LogP contribution >= 0.6 is 0 Å². The molecule has 3 rings (SSSR count). The fourth-order valence-electron chi connectivity index (χ4n) is 2.35. The lowest BCUT2D eigenvalue weighted by molar-refractivity contribution is 0.203. The van der Waals surface area contributed by atoms with E-state index in [1.54, 1.807) is 0 Å². The van der Waals surface area contributed by atoms with Gasteiger partial charge in [-0.3, -0.25) is 14.1 Å². The highest BCUT2D eigenvalue weighted by atomic mass is 32.2. The highest BCUT2D eigenvalue weighted by Gasteiger charge is 2.18. The number of benzene rings is 2. The number of hydrogen-bond acceptors (Lipinski definition) is 8. The number of imidazole rings is 1. The topological polar surface area (TPSA) is 165 Å². The molecule has 13 heteroatoms. The van der Waals surface area contributed by atoms with Gasteiger partial charge in [0.1, 0.15) is 10.6 Å². The summed E-state index contributed by atoms with van der Waals surface area (Å²) in [4.78, 5) is 22.6. The fraction of sp³-hybridized carbons (Fsp3) is 0.118. The average molecular weight is 451 g/mol. The van der Waals surface area contributed by atoms with Gasteiger partial charge in [0, 0.05) is 25.1 Å². The van der Waals surface area contributed by atoms with Gasteiger partial charge in [0.25, 0.3) is 0 Å². The number of H-pyrrole nitrogens is 1. The Hall–Kier alpha value is -3.29. The smallest absolute Gasteiger partial charge is 0.413 e. The fourth-order valence-corrected chi connectivity index (χ4v) is 3.47. The van der Waals surface area contributed by atoms with Gasteiger partial charge in [-0.1, -0.05) is 0 Å². The van der Waals surface area contributed by atoms with Gasteiger partial charge in [-0.05, 0) is 47.5 Å². The van der Waals surface area contributed by atoms with Crippen LogP contribution < -0.4 is 9.08 Å². The summed E-state index contributed by atoms with van der Waals surface area (Å²) in [6, 6.07) is 9.66. The van der Waals surface area contributed by atoms with Crippen molar-refractivity contribution in [1.29, 1.82) is 0 Å². The number of hydrogen-bond donors (Lipinski definition) is 2. The zero-order valence-electron chi connectivity index (χ0n) is 15.4. The molecule has 2 aromatic carbocycles. The van der Waals surface area contributed by atoms with Crippen LogP contribution in [0.4, 0.5) is 16.4 Å². The number of anilines is 1. The Balaban J connectivity index is 1.79. The molecule has 0 spiro atoms. The van der Waals surface area contributed by atoms with Crippen molar-refractivity contribution in [2.24, 2.45) is 4.99 Å². The number of amides is 1. The molecule has 0 radical (unpaired) electrons. The van der Waals surface area contributed by atoms with Crippen molar-refractivity contribution in [1.82, 2.24) is 9.97 Å². The monoisotopic (exact) mass is 451 g/mol. The number of nitrogens with zero attached hydrogens (tertiary/aromatic N) is 3. The maximum absolute atomic E-state index is 12.5. The summed E-state index contributed by atoms with van der Waals surface area (Å²) in [6.45, 7) is 0. The van der Waals surface area contributed by atoms with Gasteiger partial charge in [0.05, 0.1) is 16.7 Å². The molecule has 11 nitrogen and oxygen atoms in total. The summed E-state index contributed by atoms with van der Waals surface area (Å²) in [6.07, 6.45) is -0.0131. The number of aromatic nitrogens is 2. The van der Waals surface area contributed by atoms with E-state index in [0.29, 0.717) is 16.7 Å². The van der Waals surface area contributed by atoms with E-state index in [2.05, 4.69) is 15.0 Å². The van der Waals surface area contributed by atoms with E-state index in [4.69, 9.17) is 9.29 Å². The molecule has 1 aromatic heterocycles. The molecule has 0 saturated heterocycles. The number of aliphatic imine (C=N–C) groups is 1. The van der Waals surface area contributed by atoms with Crippen LogP contribution in [0.15, 0.2) is 52.4 Å². The first-order valence-corrected chi connectivity index (χ1v) is 10.9. The van der Waals surface area contributed by atoms with E-state index in [9.17, 15) is 22.0 Å². The first-order chi connectivity index (χ1) is 14.2. The third kappa shape index (κ3) is 5.00. The van der Waals surface area contributed by atoms with Gasteiger partial charge in [0.15, 0.2) is 0 Å². The Labute approximate surface area is 173 Å². The largest absolute Gasteiger partial charge is 0.772 e. The normalized spacial score (nSPS) is 12.9. The van der Waals surface area contributed by atoms with Crippen molar-refractivity contribution in [2.45, 2.75) is 4.90 Å². The van der Waals surface area contributed by atoms with E-state index in [1.807, 2.05) is 0 Å². The van der Waals surface area contributed by atoms with E-state index in [1.165, 1.54) is 55.7 Å². The van der Waals surface area contributed by atoms with Gasteiger partial charge in [-0.2, -0.15) is 8.42 Å². The molecule has 1 heterocycles. The quantitative estimate of drug-likeness (QED) is 0.313. The van der Waals surface area contributed by atoms with Crippen LogP contribution in [0.5, 0.6) is 5.75 Å². The Kier molecular flexibility index (Phi) is 6.14. The molecule has 158 valence electrons. The van der Waals surface area contributed by atoms with Crippen LogP contribution in [0.25, 0.3) is 11.0 Å². The highest BCUT2D eigenvalue weighted by Crippen LogP contribution is 2.25. The van der Waals surface area contributed by atoms with E-state index >= 15 is 0 Å². The van der Waals surface area contributed by atoms with Crippen molar-refractivity contribution >= 4 is 56.2 Å². The zero-order chi connectivity index (χ0) is 21.9. The minimum absolute atomic E-state index is 0.00991.